The van der Waals surface area contributed by atoms with Crippen LogP contribution in [-0.2, 0) is 17.6 Å². The molecule has 0 saturated carbocycles. The summed E-state index contributed by atoms with van der Waals surface area (Å²) in [5, 5.41) is 14.6. The molecule has 0 bridgehead atoms. The van der Waals surface area contributed by atoms with Gasteiger partial charge in [0.2, 0.25) is 5.91 Å². The highest BCUT2D eigenvalue weighted by Gasteiger charge is 2.34. The summed E-state index contributed by atoms with van der Waals surface area (Å²) in [7, 11) is 0. The summed E-state index contributed by atoms with van der Waals surface area (Å²) in [5.41, 5.74) is 8.35. The van der Waals surface area contributed by atoms with E-state index in [-0.39, 0.29) is 23.8 Å². The van der Waals surface area contributed by atoms with Gasteiger partial charge in [-0.25, -0.2) is 4.98 Å². The van der Waals surface area contributed by atoms with E-state index in [2.05, 4.69) is 56.1 Å². The van der Waals surface area contributed by atoms with Crippen LogP contribution in [0.4, 0.5) is 0 Å². The van der Waals surface area contributed by atoms with Gasteiger partial charge in [-0.15, -0.1) is 11.3 Å². The highest BCUT2D eigenvalue weighted by molar-refractivity contribution is 7.16. The Morgan fingerprint density at radius 1 is 1.25 bits per heavy atom. The van der Waals surface area contributed by atoms with Crippen LogP contribution < -0.4 is 10.6 Å². The average Bonchev–Trinajstić information content (AvgIpc) is 3.58. The molecule has 0 radical (unpaired) electrons. The summed E-state index contributed by atoms with van der Waals surface area (Å²) in [6.45, 7) is 1.63. The first-order chi connectivity index (χ1) is 15.8. The maximum absolute atomic E-state index is 13.3. The van der Waals surface area contributed by atoms with Crippen molar-refractivity contribution < 1.29 is 4.79 Å². The molecule has 2 aromatic heterocycles. The molecule has 1 aliphatic carbocycles. The predicted octanol–water partition coefficient (Wildman–Crippen LogP) is 3.26. The molecule has 7 heteroatoms. The molecule has 1 fully saturated rings. The van der Waals surface area contributed by atoms with Crippen molar-refractivity contribution in [3.05, 3.63) is 70.9 Å². The number of aromatic nitrogens is 3. The van der Waals surface area contributed by atoms with Gasteiger partial charge in [0.25, 0.3) is 0 Å². The maximum Gasteiger partial charge on any atom is 0.223 e. The SMILES string of the molecule is O=C(NC1CNCC1c1c#cccc1)C1CCc2[nH]nc(-c3ccc4ncsc4c3)c2C1. The Kier molecular flexibility index (Phi) is 4.90. The van der Waals surface area contributed by atoms with Crippen LogP contribution in [0.2, 0.25) is 0 Å². The number of aryl methyl sites for hydroxylation is 1. The van der Waals surface area contributed by atoms with Gasteiger partial charge in [0.15, 0.2) is 0 Å². The number of hydrogen-bond acceptors (Lipinski definition) is 5. The lowest BCUT2D eigenvalue weighted by Crippen LogP contribution is -2.43. The van der Waals surface area contributed by atoms with Crippen molar-refractivity contribution in [2.24, 2.45) is 5.92 Å². The number of nitrogens with zero attached hydrogens (tertiary/aromatic N) is 2. The van der Waals surface area contributed by atoms with Crippen LogP contribution in [0, 0.1) is 18.1 Å². The van der Waals surface area contributed by atoms with E-state index in [1.807, 2.05) is 23.7 Å². The molecular weight excluding hydrogens is 418 g/mol. The third-order valence-electron chi connectivity index (χ3n) is 6.73. The molecule has 2 aliphatic rings. The molecule has 1 aliphatic heterocycles. The van der Waals surface area contributed by atoms with Crippen LogP contribution in [0.3, 0.4) is 0 Å². The molecular formula is C25H23N5OS. The molecule has 2 aromatic carbocycles. The fraction of sp³-hybridized carbons (Fsp3) is 0.320. The molecule has 3 N–H and O–H groups in total. The Morgan fingerprint density at radius 2 is 2.22 bits per heavy atom. The Hall–Kier alpha value is -3.21. The van der Waals surface area contributed by atoms with E-state index >= 15 is 0 Å². The summed E-state index contributed by atoms with van der Waals surface area (Å²) in [5.74, 6) is 0.323. The normalized spacial score (nSPS) is 22.4. The first-order valence-corrected chi connectivity index (χ1v) is 11.9. The van der Waals surface area contributed by atoms with Gasteiger partial charge in [-0.05, 0) is 43.5 Å². The van der Waals surface area contributed by atoms with Gasteiger partial charge in [-0.3, -0.25) is 9.89 Å². The molecule has 1 amide bonds. The second-order valence-corrected chi connectivity index (χ2v) is 9.52. The minimum absolute atomic E-state index is 0.0430. The summed E-state index contributed by atoms with van der Waals surface area (Å²) >= 11 is 1.63. The molecule has 32 heavy (non-hydrogen) atoms. The molecule has 0 spiro atoms. The third-order valence-corrected chi connectivity index (χ3v) is 7.53. The minimum atomic E-state index is -0.0430. The predicted molar refractivity (Wildman–Crippen MR) is 124 cm³/mol. The molecule has 6 rings (SSSR count). The van der Waals surface area contributed by atoms with E-state index < -0.39 is 0 Å². The van der Waals surface area contributed by atoms with Gasteiger partial charge >= 0.3 is 0 Å². The van der Waals surface area contributed by atoms with E-state index in [9.17, 15) is 4.79 Å². The molecule has 1 saturated heterocycles. The zero-order chi connectivity index (χ0) is 21.5. The van der Waals surface area contributed by atoms with E-state index in [4.69, 9.17) is 0 Å². The van der Waals surface area contributed by atoms with Crippen molar-refractivity contribution in [1.29, 1.82) is 0 Å². The van der Waals surface area contributed by atoms with Crippen LogP contribution in [0.25, 0.3) is 21.5 Å². The van der Waals surface area contributed by atoms with Crippen molar-refractivity contribution >= 4 is 27.5 Å². The van der Waals surface area contributed by atoms with Crippen molar-refractivity contribution in [3.63, 3.8) is 0 Å². The number of hydrogen-bond donors (Lipinski definition) is 3. The fourth-order valence-corrected chi connectivity index (χ4v) is 5.72. The van der Waals surface area contributed by atoms with Gasteiger partial charge in [-0.1, -0.05) is 24.3 Å². The number of carbonyl (C=O) groups excluding carboxylic acids is 1. The Balaban J connectivity index is 1.20. The quantitative estimate of drug-likeness (QED) is 0.454. The largest absolute Gasteiger partial charge is 0.351 e. The third kappa shape index (κ3) is 3.46. The lowest BCUT2D eigenvalue weighted by molar-refractivity contribution is -0.126. The number of benzene rings is 1. The van der Waals surface area contributed by atoms with Gasteiger partial charge < -0.3 is 10.6 Å². The second-order valence-electron chi connectivity index (χ2n) is 8.63. The molecule has 6 nitrogen and oxygen atoms in total. The van der Waals surface area contributed by atoms with Gasteiger partial charge in [0.1, 0.15) is 0 Å². The Labute approximate surface area is 190 Å². The zero-order valence-electron chi connectivity index (χ0n) is 17.5. The van der Waals surface area contributed by atoms with E-state index in [1.54, 1.807) is 11.3 Å². The van der Waals surface area contributed by atoms with E-state index in [0.29, 0.717) is 6.42 Å². The number of nitrogens with one attached hydrogen (secondary N) is 3. The molecule has 160 valence electrons. The van der Waals surface area contributed by atoms with Crippen LogP contribution in [0.5, 0.6) is 0 Å². The minimum Gasteiger partial charge on any atom is -0.351 e. The van der Waals surface area contributed by atoms with Crippen LogP contribution in [-0.4, -0.2) is 40.2 Å². The number of thiazole rings is 1. The number of rotatable bonds is 4. The molecule has 3 atom stereocenters. The highest BCUT2D eigenvalue weighted by atomic mass is 32.1. The van der Waals surface area contributed by atoms with E-state index in [1.165, 1.54) is 5.56 Å². The Morgan fingerprint density at radius 3 is 3.12 bits per heavy atom. The van der Waals surface area contributed by atoms with Crippen molar-refractivity contribution in [1.82, 2.24) is 25.8 Å². The average molecular weight is 442 g/mol. The number of carbonyl (C=O) groups is 1. The fourth-order valence-electron chi connectivity index (χ4n) is 5.00. The summed E-state index contributed by atoms with van der Waals surface area (Å²) in [4.78, 5) is 17.6. The van der Waals surface area contributed by atoms with Gasteiger partial charge in [0, 0.05) is 53.4 Å². The Bertz CT molecular complexity index is 1260. The van der Waals surface area contributed by atoms with Crippen LogP contribution in [0.15, 0.2) is 41.9 Å². The maximum atomic E-state index is 13.3. The zero-order valence-corrected chi connectivity index (χ0v) is 18.3. The van der Waals surface area contributed by atoms with Crippen molar-refractivity contribution in [3.8, 4) is 11.3 Å². The number of H-pyrrole nitrogens is 1. The van der Waals surface area contributed by atoms with Crippen LogP contribution >= 0.6 is 11.3 Å². The first kappa shape index (κ1) is 19.5. The molecule has 4 aromatic rings. The summed E-state index contributed by atoms with van der Waals surface area (Å²) in [6.07, 6.45) is 2.39. The van der Waals surface area contributed by atoms with E-state index in [0.717, 1.165) is 58.7 Å². The standard InChI is InChI=1S/C25H23N5OS/c31-25(28-22-13-26-12-19(22)15-4-2-1-3-5-15)17-7-8-20-18(10-17)24(30-29-20)16-6-9-21-23(11-16)32-14-27-21/h1-2,4,6,9,11,14,17,19,22,26H,7-8,10,12-13H2,(H,28,31)(H,29,30). The second kappa shape index (κ2) is 8.05. The topological polar surface area (TPSA) is 82.7 Å². The molecule has 3 unspecified atom stereocenters. The first-order valence-electron chi connectivity index (χ1n) is 11.1. The lowest BCUT2D eigenvalue weighted by Gasteiger charge is -2.25. The van der Waals surface area contributed by atoms with Crippen molar-refractivity contribution in [2.75, 3.05) is 13.1 Å². The number of aromatic amines is 1. The van der Waals surface area contributed by atoms with Gasteiger partial charge in [0.05, 0.1) is 21.4 Å². The van der Waals surface area contributed by atoms with Gasteiger partial charge in [-0.2, -0.15) is 5.10 Å². The van der Waals surface area contributed by atoms with Crippen molar-refractivity contribution in [2.45, 2.75) is 31.2 Å². The summed E-state index contributed by atoms with van der Waals surface area (Å²) in [6, 6.07) is 18.5. The lowest BCUT2D eigenvalue weighted by atomic mass is 9.84. The monoisotopic (exact) mass is 441 g/mol. The van der Waals surface area contributed by atoms with Crippen LogP contribution in [0.1, 0.15) is 29.2 Å². The molecule has 3 heterocycles. The highest BCUT2D eigenvalue weighted by Crippen LogP contribution is 2.34. The smallest absolute Gasteiger partial charge is 0.223 e. The number of fused-ring (bicyclic) bond motifs is 2. The number of amides is 1. The summed E-state index contributed by atoms with van der Waals surface area (Å²) < 4.78 is 1.15.